The summed E-state index contributed by atoms with van der Waals surface area (Å²) in [5, 5.41) is 14.1. The normalized spacial score (nSPS) is 10.8. The Balaban J connectivity index is 2.55. The molecule has 0 heterocycles. The lowest BCUT2D eigenvalue weighted by Gasteiger charge is -2.11. The minimum atomic E-state index is -0.392. The van der Waals surface area contributed by atoms with E-state index in [-0.39, 0.29) is 5.69 Å². The number of nitro groups is 1. The molecule has 0 unspecified atom stereocenters. The molecule has 0 radical (unpaired) electrons. The number of nitro benzene ring substituents is 1. The summed E-state index contributed by atoms with van der Waals surface area (Å²) in [5.74, 6) is 0.646. The lowest BCUT2D eigenvalue weighted by atomic mass is 10.2. The zero-order valence-corrected chi connectivity index (χ0v) is 13.0. The highest BCUT2D eigenvalue weighted by atomic mass is 79.9. The van der Waals surface area contributed by atoms with Crippen molar-refractivity contribution in [3.63, 3.8) is 0 Å². The van der Waals surface area contributed by atoms with E-state index in [0.29, 0.717) is 28.4 Å². The Morgan fingerprint density at radius 2 is 2.16 bits per heavy atom. The van der Waals surface area contributed by atoms with Crippen molar-refractivity contribution < 1.29 is 9.66 Å². The van der Waals surface area contributed by atoms with Crippen molar-refractivity contribution in [3.05, 3.63) is 32.3 Å². The molecule has 1 aromatic rings. The molecule has 0 aliphatic carbocycles. The van der Waals surface area contributed by atoms with E-state index in [0.717, 1.165) is 13.0 Å². The van der Waals surface area contributed by atoms with E-state index in [4.69, 9.17) is 4.74 Å². The van der Waals surface area contributed by atoms with Crippen LogP contribution in [0, 0.1) is 17.0 Å². The lowest BCUT2D eigenvalue weighted by molar-refractivity contribution is -0.385. The smallest absolute Gasteiger partial charge is 0.273 e. The van der Waals surface area contributed by atoms with Gasteiger partial charge < -0.3 is 10.1 Å². The standard InChI is InChI=1S/C13H19BrN2O3/c1-9(2)15-5-4-6-19-13-7-10(3)12(16(17)18)8-11(13)14/h7-9,15H,4-6H2,1-3H3. The van der Waals surface area contributed by atoms with Gasteiger partial charge in [0.2, 0.25) is 0 Å². The molecule has 0 saturated carbocycles. The van der Waals surface area contributed by atoms with Gasteiger partial charge in [-0.1, -0.05) is 13.8 Å². The fourth-order valence-electron chi connectivity index (χ4n) is 1.60. The van der Waals surface area contributed by atoms with Crippen molar-refractivity contribution in [2.24, 2.45) is 0 Å². The first-order valence-corrected chi connectivity index (χ1v) is 7.02. The largest absolute Gasteiger partial charge is 0.492 e. The SMILES string of the molecule is Cc1cc(OCCCNC(C)C)c(Br)cc1[N+](=O)[O-]. The summed E-state index contributed by atoms with van der Waals surface area (Å²) in [7, 11) is 0. The number of nitrogens with zero attached hydrogens (tertiary/aromatic N) is 1. The molecule has 0 atom stereocenters. The highest BCUT2D eigenvalue weighted by Crippen LogP contribution is 2.32. The Kier molecular flexibility index (Phi) is 6.24. The van der Waals surface area contributed by atoms with Crippen LogP contribution in [0.25, 0.3) is 0 Å². The number of hydrogen-bond acceptors (Lipinski definition) is 4. The zero-order chi connectivity index (χ0) is 14.4. The molecule has 1 rings (SSSR count). The third kappa shape index (κ3) is 5.16. The second-order valence-corrected chi connectivity index (χ2v) is 5.49. The maximum absolute atomic E-state index is 10.8. The highest BCUT2D eigenvalue weighted by molar-refractivity contribution is 9.10. The van der Waals surface area contributed by atoms with Crippen molar-refractivity contribution in [2.75, 3.05) is 13.2 Å². The fraction of sp³-hybridized carbons (Fsp3) is 0.538. The van der Waals surface area contributed by atoms with Gasteiger partial charge in [0.05, 0.1) is 16.0 Å². The molecular weight excluding hydrogens is 312 g/mol. The van der Waals surface area contributed by atoms with Crippen molar-refractivity contribution in [1.82, 2.24) is 5.32 Å². The second-order valence-electron chi connectivity index (χ2n) is 4.64. The number of rotatable bonds is 7. The second kappa shape index (κ2) is 7.45. The number of ether oxygens (including phenoxy) is 1. The van der Waals surface area contributed by atoms with E-state index in [2.05, 4.69) is 35.1 Å². The predicted molar refractivity (Wildman–Crippen MR) is 78.8 cm³/mol. The van der Waals surface area contributed by atoms with Gasteiger partial charge in [-0.2, -0.15) is 0 Å². The Morgan fingerprint density at radius 1 is 1.47 bits per heavy atom. The van der Waals surface area contributed by atoms with E-state index in [9.17, 15) is 10.1 Å². The quantitative estimate of drug-likeness (QED) is 0.472. The monoisotopic (exact) mass is 330 g/mol. The molecule has 106 valence electrons. The lowest BCUT2D eigenvalue weighted by Crippen LogP contribution is -2.24. The summed E-state index contributed by atoms with van der Waals surface area (Å²) in [6.07, 6.45) is 0.890. The van der Waals surface area contributed by atoms with Crippen LogP contribution < -0.4 is 10.1 Å². The van der Waals surface area contributed by atoms with Crippen LogP contribution in [-0.4, -0.2) is 24.1 Å². The first-order chi connectivity index (χ1) is 8.91. The molecule has 5 nitrogen and oxygen atoms in total. The number of halogens is 1. The van der Waals surface area contributed by atoms with Crippen LogP contribution in [0.2, 0.25) is 0 Å². The number of aryl methyl sites for hydroxylation is 1. The maximum Gasteiger partial charge on any atom is 0.273 e. The molecular formula is C13H19BrN2O3. The molecule has 0 spiro atoms. The Bertz CT molecular complexity index is 450. The minimum Gasteiger partial charge on any atom is -0.492 e. The van der Waals surface area contributed by atoms with Gasteiger partial charge in [-0.25, -0.2) is 0 Å². The van der Waals surface area contributed by atoms with Gasteiger partial charge >= 0.3 is 0 Å². The van der Waals surface area contributed by atoms with Crippen LogP contribution in [0.1, 0.15) is 25.8 Å². The summed E-state index contributed by atoms with van der Waals surface area (Å²) >= 11 is 3.30. The van der Waals surface area contributed by atoms with Crippen molar-refractivity contribution in [2.45, 2.75) is 33.2 Å². The van der Waals surface area contributed by atoms with Gasteiger partial charge in [-0.05, 0) is 41.9 Å². The van der Waals surface area contributed by atoms with Gasteiger partial charge in [0.1, 0.15) is 5.75 Å². The summed E-state index contributed by atoms with van der Waals surface area (Å²) in [4.78, 5) is 10.4. The van der Waals surface area contributed by atoms with E-state index in [1.165, 1.54) is 6.07 Å². The Morgan fingerprint density at radius 3 is 2.74 bits per heavy atom. The summed E-state index contributed by atoms with van der Waals surface area (Å²) in [6, 6.07) is 3.64. The van der Waals surface area contributed by atoms with E-state index >= 15 is 0 Å². The number of hydrogen-bond donors (Lipinski definition) is 1. The highest BCUT2D eigenvalue weighted by Gasteiger charge is 2.14. The molecule has 0 amide bonds. The van der Waals surface area contributed by atoms with Gasteiger partial charge in [-0.3, -0.25) is 10.1 Å². The average Bonchev–Trinajstić information content (AvgIpc) is 2.31. The van der Waals surface area contributed by atoms with E-state index in [1.807, 2.05) is 0 Å². The number of nitrogens with one attached hydrogen (secondary N) is 1. The molecule has 0 aromatic heterocycles. The van der Waals surface area contributed by atoms with Crippen molar-refractivity contribution in [3.8, 4) is 5.75 Å². The van der Waals surface area contributed by atoms with Gasteiger partial charge in [0.25, 0.3) is 5.69 Å². The zero-order valence-electron chi connectivity index (χ0n) is 11.4. The molecule has 0 bridgehead atoms. The van der Waals surface area contributed by atoms with Gasteiger partial charge in [-0.15, -0.1) is 0 Å². The summed E-state index contributed by atoms with van der Waals surface area (Å²) in [5.41, 5.74) is 0.698. The van der Waals surface area contributed by atoms with E-state index < -0.39 is 4.92 Å². The molecule has 1 N–H and O–H groups in total. The predicted octanol–water partition coefficient (Wildman–Crippen LogP) is 3.43. The summed E-state index contributed by atoms with van der Waals surface area (Å²) in [6.45, 7) is 7.36. The first-order valence-electron chi connectivity index (χ1n) is 6.22. The van der Waals surface area contributed by atoms with Crippen molar-refractivity contribution in [1.29, 1.82) is 0 Å². The van der Waals surface area contributed by atoms with Crippen LogP contribution in [0.15, 0.2) is 16.6 Å². The Hall–Kier alpha value is -1.14. The van der Waals surface area contributed by atoms with E-state index in [1.54, 1.807) is 13.0 Å². The fourth-order valence-corrected chi connectivity index (χ4v) is 2.04. The molecule has 0 aliphatic rings. The molecule has 0 saturated heterocycles. The van der Waals surface area contributed by atoms with Crippen LogP contribution in [-0.2, 0) is 0 Å². The average molecular weight is 331 g/mol. The minimum absolute atomic E-state index is 0.0979. The third-order valence-electron chi connectivity index (χ3n) is 2.58. The first kappa shape index (κ1) is 15.9. The number of benzene rings is 1. The molecule has 1 aromatic carbocycles. The topological polar surface area (TPSA) is 64.4 Å². The van der Waals surface area contributed by atoms with Gasteiger partial charge in [0, 0.05) is 17.7 Å². The summed E-state index contributed by atoms with van der Waals surface area (Å²) < 4.78 is 6.24. The molecule has 0 fully saturated rings. The third-order valence-corrected chi connectivity index (χ3v) is 3.20. The maximum atomic E-state index is 10.8. The van der Waals surface area contributed by atoms with Crippen LogP contribution >= 0.6 is 15.9 Å². The molecule has 0 aliphatic heterocycles. The molecule has 19 heavy (non-hydrogen) atoms. The van der Waals surface area contributed by atoms with Crippen LogP contribution in [0.5, 0.6) is 5.75 Å². The molecule has 6 heteroatoms. The van der Waals surface area contributed by atoms with Crippen LogP contribution in [0.4, 0.5) is 5.69 Å². The van der Waals surface area contributed by atoms with Crippen molar-refractivity contribution >= 4 is 21.6 Å². The Labute approximate surface area is 121 Å². The van der Waals surface area contributed by atoms with Gasteiger partial charge in [0.15, 0.2) is 0 Å². The van der Waals surface area contributed by atoms with Crippen LogP contribution in [0.3, 0.4) is 0 Å².